The number of rotatable bonds is 7. The number of amides is 1. The zero-order chi connectivity index (χ0) is 18.2. The van der Waals surface area contributed by atoms with Gasteiger partial charge in [-0.25, -0.2) is 10.9 Å². The van der Waals surface area contributed by atoms with E-state index in [-0.39, 0.29) is 5.91 Å². The molecule has 6 heteroatoms. The lowest BCUT2D eigenvalue weighted by atomic mass is 10.2. The predicted octanol–water partition coefficient (Wildman–Crippen LogP) is 3.76. The summed E-state index contributed by atoms with van der Waals surface area (Å²) in [4.78, 5) is 11.8. The molecule has 0 atom stereocenters. The van der Waals surface area contributed by atoms with Crippen molar-refractivity contribution in [1.82, 2.24) is 0 Å². The van der Waals surface area contributed by atoms with Crippen molar-refractivity contribution in [3.05, 3.63) is 48.0 Å². The van der Waals surface area contributed by atoms with Gasteiger partial charge in [-0.15, -0.1) is 0 Å². The number of nitrogens with zero attached hydrogens (tertiary/aromatic N) is 2. The topological polar surface area (TPSA) is 88.6 Å². The van der Waals surface area contributed by atoms with Crippen LogP contribution in [0.25, 0.3) is 0 Å². The van der Waals surface area contributed by atoms with Crippen LogP contribution in [0.5, 0.6) is 17.2 Å². The quantitative estimate of drug-likeness (QED) is 0.471. The van der Waals surface area contributed by atoms with E-state index in [1.165, 1.54) is 0 Å². The van der Waals surface area contributed by atoms with Gasteiger partial charge < -0.3 is 9.47 Å². The van der Waals surface area contributed by atoms with Crippen molar-refractivity contribution in [1.29, 1.82) is 5.26 Å². The molecule has 2 N–H and O–H groups in total. The Hall–Kier alpha value is -3.04. The van der Waals surface area contributed by atoms with E-state index < -0.39 is 0 Å². The van der Waals surface area contributed by atoms with Crippen LogP contribution in [-0.4, -0.2) is 12.5 Å². The summed E-state index contributed by atoms with van der Waals surface area (Å²) >= 11 is 0. The van der Waals surface area contributed by atoms with Crippen LogP contribution in [-0.2, 0) is 4.79 Å². The van der Waals surface area contributed by atoms with Crippen LogP contribution in [0.1, 0.15) is 32.3 Å². The second-order valence-electron chi connectivity index (χ2n) is 5.31. The average molecular weight is 339 g/mol. The number of ether oxygens (including phenoxy) is 2. The van der Waals surface area contributed by atoms with E-state index in [1.54, 1.807) is 42.5 Å². The first kappa shape index (κ1) is 18.3. The lowest BCUT2D eigenvalue weighted by molar-refractivity contribution is -0.118. The third kappa shape index (κ3) is 4.72. The molecule has 25 heavy (non-hydrogen) atoms. The third-order valence-electron chi connectivity index (χ3n) is 3.46. The fourth-order valence-corrected chi connectivity index (χ4v) is 2.22. The van der Waals surface area contributed by atoms with E-state index in [9.17, 15) is 4.79 Å². The Morgan fingerprint density at radius 1 is 1.16 bits per heavy atom. The van der Waals surface area contributed by atoms with E-state index in [4.69, 9.17) is 20.6 Å². The average Bonchev–Trinajstić information content (AvgIpc) is 2.62. The summed E-state index contributed by atoms with van der Waals surface area (Å²) in [7, 11) is 0. The number of carbonyl (C=O) groups excluding carboxylic acids is 1. The minimum absolute atomic E-state index is 0.135. The summed E-state index contributed by atoms with van der Waals surface area (Å²) in [6.07, 6.45) is 1.15. The molecule has 6 nitrogen and oxygen atoms in total. The third-order valence-corrected chi connectivity index (χ3v) is 3.46. The van der Waals surface area contributed by atoms with Gasteiger partial charge in [0.2, 0.25) is 5.91 Å². The standard InChI is InChI=1S/C19H21N3O3/c1-3-5-19(23)22(21)15-7-10-16(11-8-15)25-17-9-6-14(13-20)18(12-17)24-4-2/h6-12H,3-5,21H2,1-2H3. The second-order valence-corrected chi connectivity index (χ2v) is 5.31. The summed E-state index contributed by atoms with van der Waals surface area (Å²) in [6.45, 7) is 4.24. The van der Waals surface area contributed by atoms with Gasteiger partial charge in [0.05, 0.1) is 17.9 Å². The van der Waals surface area contributed by atoms with Crippen molar-refractivity contribution in [3.63, 3.8) is 0 Å². The van der Waals surface area contributed by atoms with Crippen LogP contribution in [0.3, 0.4) is 0 Å². The SMILES string of the molecule is CCCC(=O)N(N)c1ccc(Oc2ccc(C#N)c(OCC)c2)cc1. The molecule has 0 aliphatic heterocycles. The van der Waals surface area contributed by atoms with E-state index in [0.29, 0.717) is 41.5 Å². The molecule has 0 aliphatic rings. The summed E-state index contributed by atoms with van der Waals surface area (Å²) in [5.74, 6) is 7.30. The zero-order valence-electron chi connectivity index (χ0n) is 14.4. The fraction of sp³-hybridized carbons (Fsp3) is 0.263. The molecule has 0 fully saturated rings. The molecule has 1 amide bonds. The van der Waals surface area contributed by atoms with Crippen LogP contribution in [0, 0.1) is 11.3 Å². The molecule has 0 bridgehead atoms. The summed E-state index contributed by atoms with van der Waals surface area (Å²) in [6, 6.07) is 14.0. The Bertz CT molecular complexity index is 766. The van der Waals surface area contributed by atoms with Crippen LogP contribution in [0.4, 0.5) is 5.69 Å². The number of anilines is 1. The minimum atomic E-state index is -0.135. The number of hydrazine groups is 1. The maximum absolute atomic E-state index is 11.8. The van der Waals surface area contributed by atoms with Crippen LogP contribution in [0.2, 0.25) is 0 Å². The Morgan fingerprint density at radius 2 is 1.84 bits per heavy atom. The molecule has 0 heterocycles. The minimum Gasteiger partial charge on any atom is -0.492 e. The van der Waals surface area contributed by atoms with Crippen LogP contribution >= 0.6 is 0 Å². The smallest absolute Gasteiger partial charge is 0.241 e. The number of hydrogen-bond acceptors (Lipinski definition) is 5. The Kier molecular flexibility index (Phi) is 6.38. The summed E-state index contributed by atoms with van der Waals surface area (Å²) < 4.78 is 11.2. The van der Waals surface area contributed by atoms with Gasteiger partial charge in [0.25, 0.3) is 0 Å². The summed E-state index contributed by atoms with van der Waals surface area (Å²) in [5, 5.41) is 10.2. The van der Waals surface area contributed by atoms with Crippen LogP contribution in [0.15, 0.2) is 42.5 Å². The maximum atomic E-state index is 11.8. The lowest BCUT2D eigenvalue weighted by Crippen LogP contribution is -2.37. The van der Waals surface area contributed by atoms with E-state index in [2.05, 4.69) is 6.07 Å². The zero-order valence-corrected chi connectivity index (χ0v) is 14.4. The first-order valence-corrected chi connectivity index (χ1v) is 8.11. The van der Waals surface area contributed by atoms with Crippen molar-refractivity contribution < 1.29 is 14.3 Å². The highest BCUT2D eigenvalue weighted by molar-refractivity contribution is 5.92. The van der Waals surface area contributed by atoms with Gasteiger partial charge in [-0.3, -0.25) is 4.79 Å². The Balaban J connectivity index is 2.12. The van der Waals surface area contributed by atoms with Crippen molar-refractivity contribution in [2.45, 2.75) is 26.7 Å². The highest BCUT2D eigenvalue weighted by atomic mass is 16.5. The highest BCUT2D eigenvalue weighted by Gasteiger charge is 2.11. The van der Waals surface area contributed by atoms with E-state index in [1.807, 2.05) is 13.8 Å². The largest absolute Gasteiger partial charge is 0.492 e. The van der Waals surface area contributed by atoms with Gasteiger partial charge in [0.15, 0.2) is 0 Å². The first-order chi connectivity index (χ1) is 12.1. The number of nitriles is 1. The molecule has 0 unspecified atom stereocenters. The van der Waals surface area contributed by atoms with E-state index in [0.717, 1.165) is 11.4 Å². The lowest BCUT2D eigenvalue weighted by Gasteiger charge is -2.17. The molecule has 0 radical (unpaired) electrons. The van der Waals surface area contributed by atoms with Crippen molar-refractivity contribution in [2.24, 2.45) is 5.84 Å². The van der Waals surface area contributed by atoms with Crippen LogP contribution < -0.4 is 20.3 Å². The molecule has 0 aliphatic carbocycles. The normalized spacial score (nSPS) is 10.0. The number of nitrogens with two attached hydrogens (primary N) is 1. The molecule has 2 aromatic rings. The van der Waals surface area contributed by atoms with Gasteiger partial charge in [0.1, 0.15) is 23.3 Å². The van der Waals surface area contributed by atoms with E-state index >= 15 is 0 Å². The van der Waals surface area contributed by atoms with Gasteiger partial charge in [-0.2, -0.15) is 5.26 Å². The molecular weight excluding hydrogens is 318 g/mol. The second kappa shape index (κ2) is 8.71. The van der Waals surface area contributed by atoms with Crippen molar-refractivity contribution in [3.8, 4) is 23.3 Å². The Morgan fingerprint density at radius 3 is 2.44 bits per heavy atom. The molecular formula is C19H21N3O3. The van der Waals surface area contributed by atoms with Gasteiger partial charge in [-0.1, -0.05) is 6.92 Å². The number of hydrogen-bond donors (Lipinski definition) is 1. The molecule has 130 valence electrons. The Labute approximate surface area is 147 Å². The van der Waals surface area contributed by atoms with Gasteiger partial charge in [0, 0.05) is 12.5 Å². The predicted molar refractivity (Wildman–Crippen MR) is 95.4 cm³/mol. The maximum Gasteiger partial charge on any atom is 0.241 e. The van der Waals surface area contributed by atoms with Crippen molar-refractivity contribution >= 4 is 11.6 Å². The first-order valence-electron chi connectivity index (χ1n) is 8.11. The molecule has 0 saturated heterocycles. The van der Waals surface area contributed by atoms with Gasteiger partial charge in [-0.05, 0) is 49.7 Å². The molecule has 2 aromatic carbocycles. The number of benzene rings is 2. The fourth-order valence-electron chi connectivity index (χ4n) is 2.22. The molecule has 2 rings (SSSR count). The molecule has 0 aromatic heterocycles. The monoisotopic (exact) mass is 339 g/mol. The van der Waals surface area contributed by atoms with Crippen molar-refractivity contribution in [2.75, 3.05) is 11.6 Å². The summed E-state index contributed by atoms with van der Waals surface area (Å²) in [5.41, 5.74) is 1.05. The molecule has 0 spiro atoms. The van der Waals surface area contributed by atoms with Gasteiger partial charge >= 0.3 is 0 Å². The number of carbonyl (C=O) groups is 1. The highest BCUT2D eigenvalue weighted by Crippen LogP contribution is 2.29. The molecule has 0 saturated carbocycles.